The minimum atomic E-state index is -3.76. The molecule has 0 unspecified atom stereocenters. The average Bonchev–Trinajstić information content (AvgIpc) is 2.55. The largest absolute Gasteiger partial charge is 0.497 e. The van der Waals surface area contributed by atoms with Crippen LogP contribution in [0.4, 0.5) is 0 Å². The third-order valence-electron chi connectivity index (χ3n) is 4.15. The van der Waals surface area contributed by atoms with E-state index in [1.807, 2.05) is 0 Å². The number of hydrogen-bond donors (Lipinski definition) is 3. The highest BCUT2D eigenvalue weighted by Gasteiger charge is 2.38. The number of sulfonamides is 1. The fourth-order valence-corrected chi connectivity index (χ4v) is 4.45. The molecule has 1 aliphatic rings. The minimum absolute atomic E-state index is 0.0844. The number of hydrogen-bond acceptors (Lipinski definition) is 5. The molecule has 2 rings (SSSR count). The molecule has 1 amide bonds. The maximum atomic E-state index is 12.6. The van der Waals surface area contributed by atoms with E-state index in [1.54, 1.807) is 17.6 Å². The van der Waals surface area contributed by atoms with E-state index in [-0.39, 0.29) is 11.3 Å². The molecule has 0 aromatic heterocycles. The summed E-state index contributed by atoms with van der Waals surface area (Å²) in [6.45, 7) is 0. The predicted molar refractivity (Wildman–Crippen MR) is 83.7 cm³/mol. The van der Waals surface area contributed by atoms with E-state index in [2.05, 4.69) is 4.72 Å². The van der Waals surface area contributed by atoms with Gasteiger partial charge in [-0.1, -0.05) is 19.3 Å². The number of amides is 1. The number of carbonyl (C=O) groups excluding carboxylic acids is 1. The van der Waals surface area contributed by atoms with Gasteiger partial charge in [0.25, 0.3) is 0 Å². The van der Waals surface area contributed by atoms with Crippen LogP contribution in [0.5, 0.6) is 5.75 Å². The van der Waals surface area contributed by atoms with Gasteiger partial charge in [0.15, 0.2) is 0 Å². The summed E-state index contributed by atoms with van der Waals surface area (Å²) in [7, 11) is -2.26. The van der Waals surface area contributed by atoms with Crippen molar-refractivity contribution in [3.8, 4) is 5.75 Å². The lowest BCUT2D eigenvalue weighted by molar-refractivity contribution is -0.130. The van der Waals surface area contributed by atoms with Gasteiger partial charge in [-0.3, -0.25) is 10.0 Å². The van der Waals surface area contributed by atoms with Gasteiger partial charge in [0.1, 0.15) is 5.75 Å². The monoisotopic (exact) mass is 342 g/mol. The molecule has 3 N–H and O–H groups in total. The van der Waals surface area contributed by atoms with Crippen molar-refractivity contribution >= 4 is 15.9 Å². The Morgan fingerprint density at radius 1 is 1.22 bits per heavy atom. The lowest BCUT2D eigenvalue weighted by Crippen LogP contribution is -2.52. The van der Waals surface area contributed by atoms with Crippen molar-refractivity contribution in [1.29, 1.82) is 0 Å². The highest BCUT2D eigenvalue weighted by Crippen LogP contribution is 2.33. The van der Waals surface area contributed by atoms with Gasteiger partial charge in [-0.05, 0) is 37.1 Å². The van der Waals surface area contributed by atoms with E-state index in [0.29, 0.717) is 18.6 Å². The smallest absolute Gasteiger partial charge is 0.245 e. The van der Waals surface area contributed by atoms with Gasteiger partial charge >= 0.3 is 0 Å². The van der Waals surface area contributed by atoms with E-state index in [0.717, 1.165) is 19.3 Å². The molecule has 1 saturated carbocycles. The van der Waals surface area contributed by atoms with Crippen LogP contribution in [0.1, 0.15) is 38.5 Å². The second kappa shape index (κ2) is 7.29. The third kappa shape index (κ3) is 4.43. The molecule has 1 aliphatic carbocycles. The normalized spacial score (nSPS) is 17.5. The minimum Gasteiger partial charge on any atom is -0.497 e. The Balaban J connectivity index is 2.24. The molecule has 128 valence electrons. The van der Waals surface area contributed by atoms with Gasteiger partial charge in [0, 0.05) is 12.0 Å². The van der Waals surface area contributed by atoms with Gasteiger partial charge in [-0.15, -0.1) is 0 Å². The Morgan fingerprint density at radius 3 is 2.35 bits per heavy atom. The second-order valence-corrected chi connectivity index (χ2v) is 7.52. The van der Waals surface area contributed by atoms with Gasteiger partial charge in [0.05, 0.1) is 12.0 Å². The first kappa shape index (κ1) is 17.7. The quantitative estimate of drug-likeness (QED) is 0.538. The fraction of sp³-hybridized carbons (Fsp3) is 0.533. The van der Waals surface area contributed by atoms with Crippen LogP contribution >= 0.6 is 0 Å². The van der Waals surface area contributed by atoms with E-state index in [1.165, 1.54) is 19.2 Å². The van der Waals surface area contributed by atoms with Crippen LogP contribution in [0.25, 0.3) is 0 Å². The zero-order valence-electron chi connectivity index (χ0n) is 13.0. The molecular formula is C15H22N2O5S. The molecule has 1 aromatic carbocycles. The van der Waals surface area contributed by atoms with Crippen LogP contribution in [-0.2, 0) is 14.8 Å². The third-order valence-corrected chi connectivity index (χ3v) is 5.75. The van der Waals surface area contributed by atoms with Crippen LogP contribution in [-0.4, -0.2) is 32.2 Å². The standard InChI is InChI=1S/C15H22N2O5S/c1-22-12-5-7-13(8-6-12)23(20,21)17-15(11-14(18)16-19)9-3-2-4-10-15/h5-8,17,19H,2-4,9-11H2,1H3,(H,16,18). The molecular weight excluding hydrogens is 320 g/mol. The number of ether oxygens (including phenoxy) is 1. The molecule has 0 heterocycles. The van der Waals surface area contributed by atoms with Gasteiger partial charge < -0.3 is 4.74 Å². The summed E-state index contributed by atoms with van der Waals surface area (Å²) in [4.78, 5) is 11.7. The lowest BCUT2D eigenvalue weighted by Gasteiger charge is -2.37. The first-order chi connectivity index (χ1) is 10.9. The number of methoxy groups -OCH3 is 1. The highest BCUT2D eigenvalue weighted by atomic mass is 32.2. The zero-order chi connectivity index (χ0) is 16.9. The summed E-state index contributed by atoms with van der Waals surface area (Å²) in [6.07, 6.45) is 3.73. The van der Waals surface area contributed by atoms with Crippen molar-refractivity contribution < 1.29 is 23.2 Å². The first-order valence-electron chi connectivity index (χ1n) is 7.52. The van der Waals surface area contributed by atoms with Crippen LogP contribution in [0.3, 0.4) is 0 Å². The Bertz CT molecular complexity index is 636. The van der Waals surface area contributed by atoms with Gasteiger partial charge in [-0.25, -0.2) is 18.6 Å². The molecule has 7 nitrogen and oxygen atoms in total. The molecule has 0 spiro atoms. The lowest BCUT2D eigenvalue weighted by atomic mass is 9.80. The van der Waals surface area contributed by atoms with Crippen LogP contribution in [0.15, 0.2) is 29.2 Å². The van der Waals surface area contributed by atoms with Crippen LogP contribution < -0.4 is 14.9 Å². The number of carbonyl (C=O) groups is 1. The molecule has 1 fully saturated rings. The number of benzene rings is 1. The summed E-state index contributed by atoms with van der Waals surface area (Å²) >= 11 is 0. The van der Waals surface area contributed by atoms with Crippen molar-refractivity contribution in [2.45, 2.75) is 49.0 Å². The number of nitrogens with one attached hydrogen (secondary N) is 2. The highest BCUT2D eigenvalue weighted by molar-refractivity contribution is 7.89. The maximum Gasteiger partial charge on any atom is 0.245 e. The fourth-order valence-electron chi connectivity index (χ4n) is 2.99. The predicted octanol–water partition coefficient (Wildman–Crippen LogP) is 1.57. The maximum absolute atomic E-state index is 12.6. The van der Waals surface area contributed by atoms with Crippen LogP contribution in [0.2, 0.25) is 0 Å². The van der Waals surface area contributed by atoms with E-state index >= 15 is 0 Å². The molecule has 0 bridgehead atoms. The number of rotatable bonds is 6. The van der Waals surface area contributed by atoms with E-state index in [4.69, 9.17) is 9.94 Å². The summed E-state index contributed by atoms with van der Waals surface area (Å²) in [5, 5.41) is 8.76. The van der Waals surface area contributed by atoms with Crippen molar-refractivity contribution in [2.24, 2.45) is 0 Å². The second-order valence-electron chi connectivity index (χ2n) is 5.83. The number of hydroxylamine groups is 1. The molecule has 23 heavy (non-hydrogen) atoms. The average molecular weight is 342 g/mol. The summed E-state index contributed by atoms with van der Waals surface area (Å²) in [6, 6.07) is 6.07. The Labute approximate surface area is 136 Å². The Kier molecular flexibility index (Phi) is 5.61. The Morgan fingerprint density at radius 2 is 1.83 bits per heavy atom. The Hall–Kier alpha value is -1.64. The summed E-state index contributed by atoms with van der Waals surface area (Å²) < 4.78 is 33.0. The van der Waals surface area contributed by atoms with E-state index < -0.39 is 21.5 Å². The SMILES string of the molecule is COc1ccc(S(=O)(=O)NC2(CC(=O)NO)CCCCC2)cc1. The van der Waals surface area contributed by atoms with Gasteiger partial charge in [-0.2, -0.15) is 0 Å². The van der Waals surface area contributed by atoms with Crippen LogP contribution in [0, 0.1) is 0 Å². The van der Waals surface area contributed by atoms with Gasteiger partial charge in [0.2, 0.25) is 15.9 Å². The molecule has 0 atom stereocenters. The van der Waals surface area contributed by atoms with Crippen molar-refractivity contribution in [2.75, 3.05) is 7.11 Å². The molecule has 0 radical (unpaired) electrons. The first-order valence-corrected chi connectivity index (χ1v) is 9.00. The zero-order valence-corrected chi connectivity index (χ0v) is 13.9. The van der Waals surface area contributed by atoms with Crippen molar-refractivity contribution in [3.05, 3.63) is 24.3 Å². The van der Waals surface area contributed by atoms with Crippen molar-refractivity contribution in [1.82, 2.24) is 10.2 Å². The molecule has 0 aliphatic heterocycles. The molecule has 0 saturated heterocycles. The summed E-state index contributed by atoms with van der Waals surface area (Å²) in [5.74, 6) is -0.0275. The molecule has 1 aromatic rings. The van der Waals surface area contributed by atoms with Crippen molar-refractivity contribution in [3.63, 3.8) is 0 Å². The van der Waals surface area contributed by atoms with E-state index in [9.17, 15) is 13.2 Å². The summed E-state index contributed by atoms with van der Waals surface area (Å²) in [5.41, 5.74) is 0.730. The molecule has 8 heteroatoms. The topological polar surface area (TPSA) is 105 Å².